The number of nitrogens with zero attached hydrogens (tertiary/aromatic N) is 1. The largest absolute Gasteiger partial charge is 0.377 e. The number of carbonyl (C=O) groups is 1. The molecule has 1 aliphatic carbocycles. The lowest BCUT2D eigenvalue weighted by atomic mass is 9.47. The van der Waals surface area contributed by atoms with Crippen LogP contribution in [0.2, 0.25) is 0 Å². The maximum absolute atomic E-state index is 13.2. The Morgan fingerprint density at radius 1 is 1.20 bits per heavy atom. The van der Waals surface area contributed by atoms with Crippen molar-refractivity contribution in [3.8, 4) is 0 Å². The van der Waals surface area contributed by atoms with Crippen LogP contribution in [0.25, 0.3) is 0 Å². The molecule has 0 bridgehead atoms. The van der Waals surface area contributed by atoms with Crippen LogP contribution in [0.15, 0.2) is 0 Å². The molecular formula is C16H28N2O2. The maximum atomic E-state index is 13.2. The van der Waals surface area contributed by atoms with E-state index in [1.807, 2.05) is 0 Å². The second-order valence-corrected chi connectivity index (χ2v) is 7.62. The summed E-state index contributed by atoms with van der Waals surface area (Å²) in [5.74, 6) is 0.361. The van der Waals surface area contributed by atoms with Crippen LogP contribution in [0.4, 0.5) is 0 Å². The molecule has 2 heterocycles. The van der Waals surface area contributed by atoms with E-state index < -0.39 is 5.54 Å². The van der Waals surface area contributed by atoms with Gasteiger partial charge >= 0.3 is 0 Å². The zero-order chi connectivity index (χ0) is 14.7. The molecular weight excluding hydrogens is 252 g/mol. The summed E-state index contributed by atoms with van der Waals surface area (Å²) in [4.78, 5) is 15.3. The SMILES string of the molecule is CC1CCCC(C)N1C(=O)C1(N)C2CCOC2C1(C)C. The number of likely N-dealkylation sites (tertiary alicyclic amines) is 1. The van der Waals surface area contributed by atoms with E-state index in [4.69, 9.17) is 10.5 Å². The molecule has 2 N–H and O–H groups in total. The Bertz CT molecular complexity index is 413. The molecule has 0 aromatic carbocycles. The summed E-state index contributed by atoms with van der Waals surface area (Å²) in [6.45, 7) is 9.25. The third kappa shape index (κ3) is 1.58. The van der Waals surface area contributed by atoms with Gasteiger partial charge in [0.15, 0.2) is 0 Å². The number of rotatable bonds is 1. The molecule has 2 saturated heterocycles. The first-order valence-corrected chi connectivity index (χ1v) is 8.05. The summed E-state index contributed by atoms with van der Waals surface area (Å²) in [6, 6.07) is 0.618. The second-order valence-electron chi connectivity index (χ2n) is 7.62. The van der Waals surface area contributed by atoms with Crippen LogP contribution in [0, 0.1) is 11.3 Å². The van der Waals surface area contributed by atoms with Crippen molar-refractivity contribution in [1.82, 2.24) is 4.90 Å². The van der Waals surface area contributed by atoms with Crippen molar-refractivity contribution in [2.45, 2.75) is 77.1 Å². The van der Waals surface area contributed by atoms with Gasteiger partial charge in [-0.25, -0.2) is 0 Å². The molecule has 0 radical (unpaired) electrons. The van der Waals surface area contributed by atoms with Gasteiger partial charge in [-0.15, -0.1) is 0 Å². The van der Waals surface area contributed by atoms with Gasteiger partial charge in [0.2, 0.25) is 5.91 Å². The molecule has 5 atom stereocenters. The fourth-order valence-electron chi connectivity index (χ4n) is 4.85. The van der Waals surface area contributed by atoms with Crippen LogP contribution in [-0.2, 0) is 9.53 Å². The van der Waals surface area contributed by atoms with Crippen molar-refractivity contribution in [3.63, 3.8) is 0 Å². The summed E-state index contributed by atoms with van der Waals surface area (Å²) in [5.41, 5.74) is 5.69. The standard InChI is InChI=1S/C16H28N2O2/c1-10-6-5-7-11(2)18(10)14(19)16(17)12-8-9-20-13(12)15(16,3)4/h10-13H,5-9,17H2,1-4H3. The highest BCUT2D eigenvalue weighted by molar-refractivity contribution is 5.90. The quantitative estimate of drug-likeness (QED) is 0.798. The van der Waals surface area contributed by atoms with Crippen molar-refractivity contribution < 1.29 is 9.53 Å². The summed E-state index contributed by atoms with van der Waals surface area (Å²) in [7, 11) is 0. The number of nitrogens with two attached hydrogens (primary N) is 1. The molecule has 1 amide bonds. The Hall–Kier alpha value is -0.610. The fraction of sp³-hybridized carbons (Fsp3) is 0.938. The Morgan fingerprint density at radius 3 is 2.40 bits per heavy atom. The molecule has 0 aromatic heterocycles. The smallest absolute Gasteiger partial charge is 0.244 e. The number of piperidine rings is 1. The van der Waals surface area contributed by atoms with E-state index in [0.29, 0.717) is 12.1 Å². The molecule has 4 heteroatoms. The van der Waals surface area contributed by atoms with Crippen molar-refractivity contribution in [1.29, 1.82) is 0 Å². The molecule has 3 fully saturated rings. The Balaban J connectivity index is 1.89. The van der Waals surface area contributed by atoms with Crippen LogP contribution < -0.4 is 5.73 Å². The topological polar surface area (TPSA) is 55.6 Å². The van der Waals surface area contributed by atoms with Gasteiger partial charge in [-0.05, 0) is 39.5 Å². The third-order valence-electron chi connectivity index (χ3n) is 6.24. The lowest BCUT2D eigenvalue weighted by Gasteiger charge is -2.62. The Morgan fingerprint density at radius 2 is 1.80 bits per heavy atom. The average molecular weight is 280 g/mol. The van der Waals surface area contributed by atoms with E-state index in [0.717, 1.165) is 25.9 Å². The van der Waals surface area contributed by atoms with Crippen molar-refractivity contribution in [3.05, 3.63) is 0 Å². The molecule has 1 saturated carbocycles. The molecule has 5 unspecified atom stereocenters. The van der Waals surface area contributed by atoms with Gasteiger partial charge in [0.05, 0.1) is 6.10 Å². The van der Waals surface area contributed by atoms with Crippen LogP contribution in [0.1, 0.15) is 53.4 Å². The first kappa shape index (κ1) is 14.3. The molecule has 0 aromatic rings. The van der Waals surface area contributed by atoms with Crippen LogP contribution in [-0.4, -0.2) is 41.1 Å². The highest BCUT2D eigenvalue weighted by atomic mass is 16.5. The molecule has 3 rings (SSSR count). The summed E-state index contributed by atoms with van der Waals surface area (Å²) in [5, 5.41) is 0. The number of carbonyl (C=O) groups excluding carboxylic acids is 1. The molecule has 2 aliphatic heterocycles. The predicted octanol–water partition coefficient (Wildman–Crippen LogP) is 1.92. The zero-order valence-corrected chi connectivity index (χ0v) is 13.2. The predicted molar refractivity (Wildman–Crippen MR) is 78.2 cm³/mol. The highest BCUT2D eigenvalue weighted by Gasteiger charge is 2.72. The number of hydrogen-bond acceptors (Lipinski definition) is 3. The number of fused-ring (bicyclic) bond motifs is 1. The highest BCUT2D eigenvalue weighted by Crippen LogP contribution is 2.59. The first-order valence-electron chi connectivity index (χ1n) is 8.05. The number of hydrogen-bond donors (Lipinski definition) is 1. The third-order valence-corrected chi connectivity index (χ3v) is 6.24. The minimum absolute atomic E-state index is 0.159. The number of ether oxygens (including phenoxy) is 1. The fourth-order valence-corrected chi connectivity index (χ4v) is 4.85. The second kappa shape index (κ2) is 4.44. The normalized spacial score (nSPS) is 46.8. The molecule has 3 aliphatic rings. The molecule has 4 nitrogen and oxygen atoms in total. The van der Waals surface area contributed by atoms with Gasteiger partial charge in [-0.3, -0.25) is 4.79 Å². The summed E-state index contributed by atoms with van der Waals surface area (Å²) in [6.07, 6.45) is 4.48. The Kier molecular flexibility index (Phi) is 3.18. The van der Waals surface area contributed by atoms with E-state index >= 15 is 0 Å². The van der Waals surface area contributed by atoms with E-state index in [1.54, 1.807) is 0 Å². The van der Waals surface area contributed by atoms with Crippen LogP contribution in [0.3, 0.4) is 0 Å². The van der Waals surface area contributed by atoms with Gasteiger partial charge in [0.25, 0.3) is 0 Å². The van der Waals surface area contributed by atoms with E-state index in [-0.39, 0.29) is 23.3 Å². The molecule has 20 heavy (non-hydrogen) atoms. The van der Waals surface area contributed by atoms with Gasteiger partial charge in [-0.2, -0.15) is 0 Å². The van der Waals surface area contributed by atoms with Crippen LogP contribution >= 0.6 is 0 Å². The minimum Gasteiger partial charge on any atom is -0.377 e. The lowest BCUT2D eigenvalue weighted by molar-refractivity contribution is -0.189. The van der Waals surface area contributed by atoms with Gasteiger partial charge in [0.1, 0.15) is 5.54 Å². The number of amides is 1. The van der Waals surface area contributed by atoms with Crippen LogP contribution in [0.5, 0.6) is 0 Å². The summed E-state index contributed by atoms with van der Waals surface area (Å²) < 4.78 is 5.80. The minimum atomic E-state index is -0.742. The monoisotopic (exact) mass is 280 g/mol. The lowest BCUT2D eigenvalue weighted by Crippen LogP contribution is -2.81. The van der Waals surface area contributed by atoms with E-state index in [2.05, 4.69) is 32.6 Å². The average Bonchev–Trinajstić information content (AvgIpc) is 2.85. The first-order chi connectivity index (χ1) is 9.31. The Labute approximate surface area is 122 Å². The van der Waals surface area contributed by atoms with Gasteiger partial charge in [0, 0.05) is 30.0 Å². The van der Waals surface area contributed by atoms with E-state index in [9.17, 15) is 4.79 Å². The maximum Gasteiger partial charge on any atom is 0.244 e. The molecule has 114 valence electrons. The zero-order valence-electron chi connectivity index (χ0n) is 13.2. The van der Waals surface area contributed by atoms with Crippen molar-refractivity contribution in [2.75, 3.05) is 6.61 Å². The summed E-state index contributed by atoms with van der Waals surface area (Å²) >= 11 is 0. The van der Waals surface area contributed by atoms with Gasteiger partial charge in [-0.1, -0.05) is 13.8 Å². The van der Waals surface area contributed by atoms with E-state index in [1.165, 1.54) is 6.42 Å². The van der Waals surface area contributed by atoms with Crippen molar-refractivity contribution in [2.24, 2.45) is 17.1 Å². The molecule has 0 spiro atoms. The van der Waals surface area contributed by atoms with Gasteiger partial charge < -0.3 is 15.4 Å². The van der Waals surface area contributed by atoms with Crippen molar-refractivity contribution >= 4 is 5.91 Å².